The standard InChI is InChI=1S/C19H22O6/c1-9-6-11-7-13(21)16(23)15(11)17(25-18(24)10(2)8-20)19(3)12(9)4-5-14(19)22/h4-5,9,11-12,15,17,20H,2,6-8H2,1,3H3/t9-,11+,12-,15+,17+,19+/m1/s1. The number of aliphatic hydroxyl groups is 1. The molecule has 6 heteroatoms. The summed E-state index contributed by atoms with van der Waals surface area (Å²) in [4.78, 5) is 49.5. The molecule has 3 rings (SSSR count). The van der Waals surface area contributed by atoms with Gasteiger partial charge >= 0.3 is 5.97 Å². The molecular weight excluding hydrogens is 324 g/mol. The zero-order valence-electron chi connectivity index (χ0n) is 14.4. The molecule has 0 aliphatic heterocycles. The molecular formula is C19H22O6. The van der Waals surface area contributed by atoms with E-state index in [1.807, 2.05) is 13.0 Å². The van der Waals surface area contributed by atoms with E-state index in [-0.39, 0.29) is 35.5 Å². The number of Topliss-reactive ketones (excluding diaryl/α,β-unsaturated/α-hetero) is 2. The Morgan fingerprint density at radius 2 is 2.08 bits per heavy atom. The van der Waals surface area contributed by atoms with E-state index in [0.717, 1.165) is 0 Å². The number of fused-ring (bicyclic) bond motifs is 2. The molecule has 0 aromatic rings. The summed E-state index contributed by atoms with van der Waals surface area (Å²) in [7, 11) is 0. The van der Waals surface area contributed by atoms with Crippen LogP contribution in [-0.4, -0.2) is 41.1 Å². The molecule has 0 aromatic carbocycles. The third-order valence-electron chi connectivity index (χ3n) is 6.13. The molecule has 1 N–H and O–H groups in total. The molecule has 3 aliphatic rings. The van der Waals surface area contributed by atoms with Crippen molar-refractivity contribution in [2.24, 2.45) is 29.1 Å². The number of ether oxygens (including phenoxy) is 1. The van der Waals surface area contributed by atoms with E-state index in [4.69, 9.17) is 9.84 Å². The van der Waals surface area contributed by atoms with Crippen LogP contribution in [0.3, 0.4) is 0 Å². The summed E-state index contributed by atoms with van der Waals surface area (Å²) in [6.45, 7) is 6.57. The molecule has 0 amide bonds. The fourth-order valence-corrected chi connectivity index (χ4v) is 4.78. The van der Waals surface area contributed by atoms with Crippen LogP contribution in [0.1, 0.15) is 26.7 Å². The Balaban J connectivity index is 2.07. The predicted molar refractivity (Wildman–Crippen MR) is 87.2 cm³/mol. The lowest BCUT2D eigenvalue weighted by molar-refractivity contribution is -0.164. The highest BCUT2D eigenvalue weighted by Crippen LogP contribution is 2.54. The Morgan fingerprint density at radius 3 is 2.72 bits per heavy atom. The Hall–Kier alpha value is -2.08. The lowest BCUT2D eigenvalue weighted by atomic mass is 9.67. The number of carbonyl (C=O) groups is 4. The maximum Gasteiger partial charge on any atom is 0.336 e. The second-order valence-corrected chi connectivity index (χ2v) is 7.61. The van der Waals surface area contributed by atoms with Gasteiger partial charge in [0.25, 0.3) is 0 Å². The normalized spacial score (nSPS) is 39.8. The van der Waals surface area contributed by atoms with Crippen LogP contribution in [-0.2, 0) is 23.9 Å². The third-order valence-corrected chi connectivity index (χ3v) is 6.13. The number of hydrogen-bond donors (Lipinski definition) is 1. The summed E-state index contributed by atoms with van der Waals surface area (Å²) in [5.74, 6) is -3.23. The Labute approximate surface area is 145 Å². The van der Waals surface area contributed by atoms with Gasteiger partial charge in [0.05, 0.1) is 23.5 Å². The highest BCUT2D eigenvalue weighted by Gasteiger charge is 2.62. The van der Waals surface area contributed by atoms with Gasteiger partial charge in [0, 0.05) is 6.42 Å². The van der Waals surface area contributed by atoms with Crippen LogP contribution >= 0.6 is 0 Å². The van der Waals surface area contributed by atoms with Crippen molar-refractivity contribution in [2.75, 3.05) is 6.61 Å². The van der Waals surface area contributed by atoms with Crippen LogP contribution in [0.5, 0.6) is 0 Å². The molecule has 2 fully saturated rings. The summed E-state index contributed by atoms with van der Waals surface area (Å²) in [6, 6.07) is 0. The van der Waals surface area contributed by atoms with Gasteiger partial charge < -0.3 is 9.84 Å². The van der Waals surface area contributed by atoms with E-state index >= 15 is 0 Å². The number of hydrogen-bond acceptors (Lipinski definition) is 6. The molecule has 134 valence electrons. The van der Waals surface area contributed by atoms with Gasteiger partial charge in [0.15, 0.2) is 11.6 Å². The number of carbonyl (C=O) groups excluding carboxylic acids is 4. The van der Waals surface area contributed by atoms with Crippen molar-refractivity contribution in [3.63, 3.8) is 0 Å². The van der Waals surface area contributed by atoms with Gasteiger partial charge in [-0.25, -0.2) is 4.79 Å². The van der Waals surface area contributed by atoms with E-state index < -0.39 is 41.6 Å². The fourth-order valence-electron chi connectivity index (χ4n) is 4.78. The minimum atomic E-state index is -1.09. The van der Waals surface area contributed by atoms with Crippen LogP contribution in [0.25, 0.3) is 0 Å². The van der Waals surface area contributed by atoms with Crippen molar-refractivity contribution in [1.82, 2.24) is 0 Å². The summed E-state index contributed by atoms with van der Waals surface area (Å²) in [5.41, 5.74) is -1.24. The van der Waals surface area contributed by atoms with Gasteiger partial charge in [-0.15, -0.1) is 0 Å². The maximum absolute atomic E-state index is 12.7. The minimum Gasteiger partial charge on any atom is -0.457 e. The zero-order valence-corrected chi connectivity index (χ0v) is 14.4. The maximum atomic E-state index is 12.7. The molecule has 6 nitrogen and oxygen atoms in total. The largest absolute Gasteiger partial charge is 0.457 e. The van der Waals surface area contributed by atoms with E-state index in [9.17, 15) is 19.2 Å². The second-order valence-electron chi connectivity index (χ2n) is 7.61. The van der Waals surface area contributed by atoms with Crippen molar-refractivity contribution < 1.29 is 29.0 Å². The molecule has 0 radical (unpaired) electrons. The molecule has 0 unspecified atom stereocenters. The van der Waals surface area contributed by atoms with Crippen LogP contribution < -0.4 is 0 Å². The highest BCUT2D eigenvalue weighted by molar-refractivity contribution is 6.40. The van der Waals surface area contributed by atoms with Crippen molar-refractivity contribution >= 4 is 23.3 Å². The first-order chi connectivity index (χ1) is 11.7. The number of aliphatic hydroxyl groups excluding tert-OH is 1. The zero-order chi connectivity index (χ0) is 18.5. The van der Waals surface area contributed by atoms with Crippen molar-refractivity contribution in [3.05, 3.63) is 24.3 Å². The SMILES string of the molecule is C=C(CO)C(=O)O[C@H]1[C@@H]2C(=O)C(=O)C[C@@H]2C[C@@H](C)[C@H]2C=CC(=O)[C@]21C. The number of allylic oxidation sites excluding steroid dienone is 2. The van der Waals surface area contributed by atoms with Gasteiger partial charge in [-0.1, -0.05) is 19.6 Å². The molecule has 0 aromatic heterocycles. The van der Waals surface area contributed by atoms with E-state index in [2.05, 4.69) is 6.58 Å². The van der Waals surface area contributed by atoms with E-state index in [1.54, 1.807) is 6.92 Å². The van der Waals surface area contributed by atoms with E-state index in [0.29, 0.717) is 6.42 Å². The summed E-state index contributed by atoms with van der Waals surface area (Å²) in [6.07, 6.45) is 3.01. The van der Waals surface area contributed by atoms with Crippen LogP contribution in [0.2, 0.25) is 0 Å². The molecule has 2 saturated carbocycles. The smallest absolute Gasteiger partial charge is 0.336 e. The lowest BCUT2D eigenvalue weighted by Gasteiger charge is -2.39. The Bertz CT molecular complexity index is 705. The van der Waals surface area contributed by atoms with E-state index in [1.165, 1.54) is 6.08 Å². The van der Waals surface area contributed by atoms with Gasteiger partial charge in [0.1, 0.15) is 6.10 Å². The summed E-state index contributed by atoms with van der Waals surface area (Å²) >= 11 is 0. The number of esters is 1. The molecule has 0 saturated heterocycles. The average Bonchev–Trinajstić information content (AvgIpc) is 2.99. The summed E-state index contributed by atoms with van der Waals surface area (Å²) < 4.78 is 5.56. The Kier molecular flexibility index (Phi) is 4.27. The average molecular weight is 346 g/mol. The molecule has 6 atom stereocenters. The molecule has 25 heavy (non-hydrogen) atoms. The minimum absolute atomic E-state index is 0.0728. The summed E-state index contributed by atoms with van der Waals surface area (Å²) in [5, 5.41) is 9.12. The van der Waals surface area contributed by atoms with Crippen molar-refractivity contribution in [1.29, 1.82) is 0 Å². The fraction of sp³-hybridized carbons (Fsp3) is 0.579. The second kappa shape index (κ2) is 6.02. The molecule has 3 aliphatic carbocycles. The predicted octanol–water partition coefficient (Wildman–Crippen LogP) is 1.02. The number of ketones is 3. The molecule has 0 spiro atoms. The first kappa shape index (κ1) is 17.7. The first-order valence-electron chi connectivity index (χ1n) is 8.51. The quantitative estimate of drug-likeness (QED) is 0.465. The van der Waals surface area contributed by atoms with Gasteiger partial charge in [0.2, 0.25) is 5.78 Å². The molecule has 0 bridgehead atoms. The van der Waals surface area contributed by atoms with Crippen LogP contribution in [0.15, 0.2) is 24.3 Å². The topological polar surface area (TPSA) is 97.7 Å². The van der Waals surface area contributed by atoms with Crippen molar-refractivity contribution in [2.45, 2.75) is 32.8 Å². The van der Waals surface area contributed by atoms with Crippen LogP contribution in [0, 0.1) is 29.1 Å². The lowest BCUT2D eigenvalue weighted by Crippen LogP contribution is -2.50. The highest BCUT2D eigenvalue weighted by atomic mass is 16.5. The first-order valence-corrected chi connectivity index (χ1v) is 8.51. The van der Waals surface area contributed by atoms with Gasteiger partial charge in [-0.05, 0) is 37.2 Å². The van der Waals surface area contributed by atoms with Gasteiger partial charge in [-0.3, -0.25) is 14.4 Å². The third kappa shape index (κ3) is 2.51. The molecule has 0 heterocycles. The van der Waals surface area contributed by atoms with Crippen molar-refractivity contribution in [3.8, 4) is 0 Å². The number of rotatable bonds is 3. The monoisotopic (exact) mass is 346 g/mol. The van der Waals surface area contributed by atoms with Crippen LogP contribution in [0.4, 0.5) is 0 Å². The Morgan fingerprint density at radius 1 is 1.40 bits per heavy atom. The van der Waals surface area contributed by atoms with Gasteiger partial charge in [-0.2, -0.15) is 0 Å².